The van der Waals surface area contributed by atoms with Crippen LogP contribution in [0.25, 0.3) is 0 Å². The number of rotatable bonds is 6. The fraction of sp³-hybridized carbons (Fsp3) is 0.105. The molecule has 138 valence electrons. The molecule has 2 N–H and O–H groups in total. The highest BCUT2D eigenvalue weighted by atomic mass is 35.5. The quantitative estimate of drug-likeness (QED) is 0.585. The van der Waals surface area contributed by atoms with E-state index in [4.69, 9.17) is 21.1 Å². The molecule has 8 heteroatoms. The lowest BCUT2D eigenvalue weighted by Gasteiger charge is -2.09. The Morgan fingerprint density at radius 2 is 1.74 bits per heavy atom. The lowest BCUT2D eigenvalue weighted by Crippen LogP contribution is -2.23. The van der Waals surface area contributed by atoms with E-state index in [2.05, 4.69) is 10.6 Å². The third-order valence-electron chi connectivity index (χ3n) is 3.55. The summed E-state index contributed by atoms with van der Waals surface area (Å²) in [5.74, 6) is -1.98. The second-order valence-electron chi connectivity index (χ2n) is 5.54. The van der Waals surface area contributed by atoms with E-state index in [0.717, 1.165) is 0 Å². The van der Waals surface area contributed by atoms with E-state index in [1.807, 2.05) is 6.07 Å². The molecule has 0 fully saturated rings. The summed E-state index contributed by atoms with van der Waals surface area (Å²) in [6, 6.07) is 15.4. The predicted molar refractivity (Wildman–Crippen MR) is 99.1 cm³/mol. The molecular formula is C19H15ClN2O5. The van der Waals surface area contributed by atoms with Crippen LogP contribution in [0.1, 0.15) is 0 Å². The normalized spacial score (nSPS) is 13.1. The minimum absolute atomic E-state index is 0.00862. The third-order valence-corrected chi connectivity index (χ3v) is 3.80. The van der Waals surface area contributed by atoms with Gasteiger partial charge in [0.05, 0.1) is 0 Å². The van der Waals surface area contributed by atoms with Gasteiger partial charge in [-0.1, -0.05) is 29.8 Å². The number of benzene rings is 2. The van der Waals surface area contributed by atoms with Gasteiger partial charge in [-0.3, -0.25) is 9.59 Å². The number of ketones is 1. The van der Waals surface area contributed by atoms with E-state index in [9.17, 15) is 14.4 Å². The zero-order valence-corrected chi connectivity index (χ0v) is 14.8. The summed E-state index contributed by atoms with van der Waals surface area (Å²) in [5.41, 5.74) is 0.900. The van der Waals surface area contributed by atoms with Crippen LogP contribution < -0.4 is 10.6 Å². The number of anilines is 2. The van der Waals surface area contributed by atoms with Gasteiger partial charge in [-0.2, -0.15) is 0 Å². The smallest absolute Gasteiger partial charge is 0.347 e. The summed E-state index contributed by atoms with van der Waals surface area (Å²) in [4.78, 5) is 36.1. The molecule has 2 aromatic rings. The van der Waals surface area contributed by atoms with Gasteiger partial charge in [0.2, 0.25) is 11.7 Å². The Labute approximate surface area is 159 Å². The van der Waals surface area contributed by atoms with Crippen molar-refractivity contribution in [2.45, 2.75) is 0 Å². The van der Waals surface area contributed by atoms with Gasteiger partial charge in [-0.15, -0.1) is 0 Å². The Hall–Kier alpha value is -3.32. The molecule has 0 atom stereocenters. The highest BCUT2D eigenvalue weighted by Crippen LogP contribution is 2.20. The molecule has 3 rings (SSSR count). The molecule has 27 heavy (non-hydrogen) atoms. The molecule has 0 saturated carbocycles. The number of esters is 1. The van der Waals surface area contributed by atoms with Crippen LogP contribution in [-0.4, -0.2) is 30.9 Å². The average Bonchev–Trinajstić information content (AvgIpc) is 3.03. The molecular weight excluding hydrogens is 372 g/mol. The number of nitrogens with one attached hydrogen (secondary N) is 2. The summed E-state index contributed by atoms with van der Waals surface area (Å²) in [6.45, 7) is -0.812. The lowest BCUT2D eigenvalue weighted by molar-refractivity contribution is -0.144. The lowest BCUT2D eigenvalue weighted by atomic mass is 10.2. The van der Waals surface area contributed by atoms with E-state index in [1.54, 1.807) is 48.5 Å². The van der Waals surface area contributed by atoms with Crippen LogP contribution in [0.4, 0.5) is 11.4 Å². The first-order valence-corrected chi connectivity index (χ1v) is 8.35. The molecule has 1 aliphatic rings. The van der Waals surface area contributed by atoms with Gasteiger partial charge < -0.3 is 20.1 Å². The van der Waals surface area contributed by atoms with Crippen LogP contribution in [-0.2, 0) is 23.9 Å². The maximum atomic E-state index is 12.2. The number of amides is 1. The van der Waals surface area contributed by atoms with E-state index < -0.39 is 24.3 Å². The maximum absolute atomic E-state index is 12.2. The van der Waals surface area contributed by atoms with Crippen molar-refractivity contribution in [1.29, 1.82) is 0 Å². The van der Waals surface area contributed by atoms with Crippen molar-refractivity contribution in [3.05, 3.63) is 71.1 Å². The third kappa shape index (κ3) is 4.86. The monoisotopic (exact) mass is 386 g/mol. The largest absolute Gasteiger partial charge is 0.470 e. The first-order valence-electron chi connectivity index (χ1n) is 7.98. The van der Waals surface area contributed by atoms with Crippen LogP contribution in [0.2, 0.25) is 5.02 Å². The minimum atomic E-state index is -0.929. The highest BCUT2D eigenvalue weighted by molar-refractivity contribution is 6.30. The van der Waals surface area contributed by atoms with Gasteiger partial charge in [0.1, 0.15) is 0 Å². The molecule has 0 aliphatic carbocycles. The van der Waals surface area contributed by atoms with Crippen LogP contribution >= 0.6 is 11.6 Å². The van der Waals surface area contributed by atoms with Crippen molar-refractivity contribution in [3.63, 3.8) is 0 Å². The predicted octanol–water partition coefficient (Wildman–Crippen LogP) is 2.74. The van der Waals surface area contributed by atoms with Crippen molar-refractivity contribution in [2.75, 3.05) is 23.8 Å². The average molecular weight is 387 g/mol. The molecule has 2 aromatic carbocycles. The Balaban J connectivity index is 1.61. The fourth-order valence-electron chi connectivity index (χ4n) is 2.30. The SMILES string of the molecule is O=C(COC(=O)C1=C(Nc2ccccc2)OCC1=O)Nc1ccc(Cl)cc1. The second-order valence-corrected chi connectivity index (χ2v) is 5.97. The van der Waals surface area contributed by atoms with Crippen molar-refractivity contribution < 1.29 is 23.9 Å². The summed E-state index contributed by atoms with van der Waals surface area (Å²) in [5, 5.41) is 5.94. The van der Waals surface area contributed by atoms with Gasteiger partial charge in [-0.25, -0.2) is 4.79 Å². The van der Waals surface area contributed by atoms with Gasteiger partial charge >= 0.3 is 5.97 Å². The summed E-state index contributed by atoms with van der Waals surface area (Å²) in [7, 11) is 0. The summed E-state index contributed by atoms with van der Waals surface area (Å²) >= 11 is 5.77. The molecule has 0 radical (unpaired) electrons. The first kappa shape index (κ1) is 18.5. The molecule has 0 saturated heterocycles. The molecule has 1 amide bonds. The Kier molecular flexibility index (Phi) is 5.73. The highest BCUT2D eigenvalue weighted by Gasteiger charge is 2.32. The topological polar surface area (TPSA) is 93.7 Å². The Morgan fingerprint density at radius 1 is 1.04 bits per heavy atom. The van der Waals surface area contributed by atoms with Crippen molar-refractivity contribution >= 4 is 40.6 Å². The molecule has 0 spiro atoms. The molecule has 1 heterocycles. The molecule has 7 nitrogen and oxygen atoms in total. The van der Waals surface area contributed by atoms with Crippen LogP contribution in [0.15, 0.2) is 66.1 Å². The number of halogens is 1. The Morgan fingerprint density at radius 3 is 2.44 bits per heavy atom. The molecule has 0 aromatic heterocycles. The first-order chi connectivity index (χ1) is 13.0. The molecule has 1 aliphatic heterocycles. The van der Waals surface area contributed by atoms with Gasteiger partial charge in [-0.05, 0) is 36.4 Å². The van der Waals surface area contributed by atoms with Gasteiger partial charge in [0.25, 0.3) is 5.91 Å². The van der Waals surface area contributed by atoms with Crippen LogP contribution in [0.5, 0.6) is 0 Å². The maximum Gasteiger partial charge on any atom is 0.347 e. The van der Waals surface area contributed by atoms with Gasteiger partial charge in [0, 0.05) is 16.4 Å². The zero-order chi connectivity index (χ0) is 19.2. The van der Waals surface area contributed by atoms with E-state index in [0.29, 0.717) is 16.4 Å². The van der Waals surface area contributed by atoms with Crippen molar-refractivity contribution in [3.8, 4) is 0 Å². The number of ether oxygens (including phenoxy) is 2. The van der Waals surface area contributed by atoms with Crippen LogP contribution in [0, 0.1) is 0 Å². The number of carbonyl (C=O) groups is 3. The van der Waals surface area contributed by atoms with Gasteiger partial charge in [0.15, 0.2) is 18.8 Å². The number of carbonyl (C=O) groups excluding carboxylic acids is 3. The number of Topliss-reactive ketones (excluding diaryl/α,β-unsaturated/α-hetero) is 1. The van der Waals surface area contributed by atoms with Crippen molar-refractivity contribution in [2.24, 2.45) is 0 Å². The van der Waals surface area contributed by atoms with Crippen LogP contribution in [0.3, 0.4) is 0 Å². The van der Waals surface area contributed by atoms with E-state index >= 15 is 0 Å². The number of hydrogen-bond acceptors (Lipinski definition) is 6. The zero-order valence-electron chi connectivity index (χ0n) is 14.0. The summed E-state index contributed by atoms with van der Waals surface area (Å²) < 4.78 is 10.2. The number of hydrogen-bond donors (Lipinski definition) is 2. The van der Waals surface area contributed by atoms with E-state index in [1.165, 1.54) is 0 Å². The minimum Gasteiger partial charge on any atom is -0.470 e. The molecule has 0 unspecified atom stereocenters. The van der Waals surface area contributed by atoms with E-state index in [-0.39, 0.29) is 18.1 Å². The second kappa shape index (κ2) is 8.37. The Bertz CT molecular complexity index is 894. The number of para-hydroxylation sites is 1. The fourth-order valence-corrected chi connectivity index (χ4v) is 2.43. The molecule has 0 bridgehead atoms. The van der Waals surface area contributed by atoms with Crippen molar-refractivity contribution in [1.82, 2.24) is 0 Å². The standard InChI is InChI=1S/C19H15ClN2O5/c20-12-6-8-14(9-7-12)21-16(24)11-27-19(25)17-15(23)10-26-18(17)22-13-4-2-1-3-5-13/h1-9,22H,10-11H2,(H,21,24). The summed E-state index contributed by atoms with van der Waals surface area (Å²) in [6.07, 6.45) is 0.